The zero-order valence-corrected chi connectivity index (χ0v) is 10.2. The summed E-state index contributed by atoms with van der Waals surface area (Å²) in [6, 6.07) is 0.289. The maximum absolute atomic E-state index is 11.4. The number of rotatable bonds is 5. The highest BCUT2D eigenvalue weighted by Gasteiger charge is 2.14. The van der Waals surface area contributed by atoms with Crippen molar-refractivity contribution in [2.45, 2.75) is 39.8 Å². The normalized spacial score (nSPS) is 12.6. The molecule has 1 unspecified atom stereocenters. The van der Waals surface area contributed by atoms with Gasteiger partial charge in [0.25, 0.3) is 5.91 Å². The molecule has 0 saturated carbocycles. The number of aromatic nitrogens is 2. The van der Waals surface area contributed by atoms with Crippen molar-refractivity contribution in [3.63, 3.8) is 0 Å². The van der Waals surface area contributed by atoms with Crippen LogP contribution in [0.15, 0.2) is 12.4 Å². The lowest BCUT2D eigenvalue weighted by Gasteiger charge is -2.12. The molecule has 0 spiro atoms. The monoisotopic (exact) mass is 225 g/mol. The van der Waals surface area contributed by atoms with E-state index in [1.165, 1.54) is 0 Å². The molecule has 5 heteroatoms. The van der Waals surface area contributed by atoms with Gasteiger partial charge in [0.1, 0.15) is 0 Å². The second-order valence-electron chi connectivity index (χ2n) is 3.90. The molecule has 0 bridgehead atoms. The van der Waals surface area contributed by atoms with E-state index in [1.54, 1.807) is 24.0 Å². The molecule has 1 heterocycles. The largest absolute Gasteiger partial charge is 0.478 e. The van der Waals surface area contributed by atoms with Crippen molar-refractivity contribution in [1.82, 2.24) is 15.1 Å². The van der Waals surface area contributed by atoms with Crippen molar-refractivity contribution in [3.8, 4) is 5.75 Å². The van der Waals surface area contributed by atoms with E-state index < -0.39 is 6.10 Å². The molecule has 1 atom stereocenters. The fraction of sp³-hybridized carbons (Fsp3) is 0.636. The van der Waals surface area contributed by atoms with E-state index >= 15 is 0 Å². The van der Waals surface area contributed by atoms with Crippen LogP contribution in [0.25, 0.3) is 0 Å². The lowest BCUT2D eigenvalue weighted by atomic mass is 10.3. The Labute approximate surface area is 95.8 Å². The predicted molar refractivity (Wildman–Crippen MR) is 61.4 cm³/mol. The first-order valence-corrected chi connectivity index (χ1v) is 5.53. The fourth-order valence-electron chi connectivity index (χ4n) is 1.24. The molecule has 1 N–H and O–H groups in total. The standard InChI is InChI=1S/C11H19N3O2/c1-5-12-11(15)9(4)16-10-6-13-14(7-10)8(2)3/h6-9H,5H2,1-4H3,(H,12,15). The molecule has 1 rings (SSSR count). The smallest absolute Gasteiger partial charge is 0.260 e. The summed E-state index contributed by atoms with van der Waals surface area (Å²) >= 11 is 0. The molecule has 1 amide bonds. The Morgan fingerprint density at radius 2 is 2.25 bits per heavy atom. The second-order valence-corrected chi connectivity index (χ2v) is 3.90. The number of carbonyl (C=O) groups excluding carboxylic acids is 1. The molecule has 0 fully saturated rings. The maximum Gasteiger partial charge on any atom is 0.260 e. The third-order valence-corrected chi connectivity index (χ3v) is 2.14. The first-order valence-electron chi connectivity index (χ1n) is 5.53. The lowest BCUT2D eigenvalue weighted by molar-refractivity contribution is -0.127. The van der Waals surface area contributed by atoms with Crippen molar-refractivity contribution >= 4 is 5.91 Å². The SMILES string of the molecule is CCNC(=O)C(C)Oc1cnn(C(C)C)c1. The highest BCUT2D eigenvalue weighted by molar-refractivity contribution is 5.80. The second kappa shape index (κ2) is 5.53. The Balaban J connectivity index is 2.55. The summed E-state index contributed by atoms with van der Waals surface area (Å²) in [5.74, 6) is 0.507. The Kier molecular flexibility index (Phi) is 4.34. The molecular weight excluding hydrogens is 206 g/mol. The van der Waals surface area contributed by atoms with E-state index in [1.807, 2.05) is 20.8 Å². The number of carbonyl (C=O) groups is 1. The van der Waals surface area contributed by atoms with Gasteiger partial charge in [-0.3, -0.25) is 9.48 Å². The van der Waals surface area contributed by atoms with Crippen LogP contribution in [-0.2, 0) is 4.79 Å². The summed E-state index contributed by atoms with van der Waals surface area (Å²) in [5, 5.41) is 6.84. The Morgan fingerprint density at radius 1 is 1.56 bits per heavy atom. The van der Waals surface area contributed by atoms with Crippen LogP contribution < -0.4 is 10.1 Å². The topological polar surface area (TPSA) is 56.1 Å². The van der Waals surface area contributed by atoms with E-state index in [0.717, 1.165) is 0 Å². The third-order valence-electron chi connectivity index (χ3n) is 2.14. The molecule has 0 aromatic carbocycles. The number of likely N-dealkylation sites (N-methyl/N-ethyl adjacent to an activating group) is 1. The van der Waals surface area contributed by atoms with Crippen molar-refractivity contribution < 1.29 is 9.53 Å². The van der Waals surface area contributed by atoms with Crippen molar-refractivity contribution in [2.24, 2.45) is 0 Å². The van der Waals surface area contributed by atoms with E-state index in [9.17, 15) is 4.79 Å². The molecule has 1 aromatic rings. The summed E-state index contributed by atoms with van der Waals surface area (Å²) < 4.78 is 7.26. The number of hydrogen-bond donors (Lipinski definition) is 1. The van der Waals surface area contributed by atoms with Crippen LogP contribution in [0, 0.1) is 0 Å². The van der Waals surface area contributed by atoms with Gasteiger partial charge in [0.2, 0.25) is 0 Å². The van der Waals surface area contributed by atoms with Crippen molar-refractivity contribution in [1.29, 1.82) is 0 Å². The molecule has 0 aliphatic rings. The van der Waals surface area contributed by atoms with E-state index in [-0.39, 0.29) is 11.9 Å². The fourth-order valence-corrected chi connectivity index (χ4v) is 1.24. The zero-order valence-electron chi connectivity index (χ0n) is 10.2. The summed E-state index contributed by atoms with van der Waals surface area (Å²) in [4.78, 5) is 11.4. The molecule has 90 valence electrons. The van der Waals surface area contributed by atoms with Gasteiger partial charge in [-0.15, -0.1) is 0 Å². The summed E-state index contributed by atoms with van der Waals surface area (Å²) in [7, 11) is 0. The van der Waals surface area contributed by atoms with Crippen LogP contribution in [0.2, 0.25) is 0 Å². The predicted octanol–water partition coefficient (Wildman–Crippen LogP) is 1.37. The van der Waals surface area contributed by atoms with Crippen LogP contribution in [0.1, 0.15) is 33.7 Å². The van der Waals surface area contributed by atoms with Gasteiger partial charge >= 0.3 is 0 Å². The average Bonchev–Trinajstić information content (AvgIpc) is 2.66. The van der Waals surface area contributed by atoms with Crippen molar-refractivity contribution in [2.75, 3.05) is 6.54 Å². The molecule has 1 aromatic heterocycles. The van der Waals surface area contributed by atoms with Gasteiger partial charge in [-0.2, -0.15) is 5.10 Å². The van der Waals surface area contributed by atoms with Gasteiger partial charge in [-0.25, -0.2) is 0 Å². The van der Waals surface area contributed by atoms with Gasteiger partial charge in [-0.1, -0.05) is 0 Å². The Bertz CT molecular complexity index is 347. The molecule has 0 aliphatic carbocycles. The Hall–Kier alpha value is -1.52. The first kappa shape index (κ1) is 12.5. The lowest BCUT2D eigenvalue weighted by Crippen LogP contribution is -2.35. The number of nitrogens with zero attached hydrogens (tertiary/aromatic N) is 2. The minimum atomic E-state index is -0.496. The Morgan fingerprint density at radius 3 is 2.75 bits per heavy atom. The molecule has 5 nitrogen and oxygen atoms in total. The summed E-state index contributed by atoms with van der Waals surface area (Å²) in [5.41, 5.74) is 0. The molecule has 0 saturated heterocycles. The van der Waals surface area contributed by atoms with Crippen LogP contribution >= 0.6 is 0 Å². The average molecular weight is 225 g/mol. The van der Waals surface area contributed by atoms with Gasteiger partial charge in [0.05, 0.1) is 12.4 Å². The molecule has 16 heavy (non-hydrogen) atoms. The third kappa shape index (κ3) is 3.25. The summed E-state index contributed by atoms with van der Waals surface area (Å²) in [6.07, 6.45) is 2.92. The van der Waals surface area contributed by atoms with E-state index in [0.29, 0.717) is 12.3 Å². The van der Waals surface area contributed by atoms with Crippen LogP contribution in [0.3, 0.4) is 0 Å². The number of hydrogen-bond acceptors (Lipinski definition) is 3. The molecular formula is C11H19N3O2. The van der Waals surface area contributed by atoms with Crippen LogP contribution in [0.5, 0.6) is 5.75 Å². The van der Waals surface area contributed by atoms with E-state index in [2.05, 4.69) is 10.4 Å². The van der Waals surface area contributed by atoms with E-state index in [4.69, 9.17) is 4.74 Å². The maximum atomic E-state index is 11.4. The first-order chi connectivity index (χ1) is 7.54. The number of ether oxygens (including phenoxy) is 1. The van der Waals surface area contributed by atoms with Gasteiger partial charge in [0.15, 0.2) is 11.9 Å². The van der Waals surface area contributed by atoms with Gasteiger partial charge < -0.3 is 10.1 Å². The number of amides is 1. The quantitative estimate of drug-likeness (QED) is 0.823. The highest BCUT2D eigenvalue weighted by Crippen LogP contribution is 2.13. The molecule has 0 aliphatic heterocycles. The minimum Gasteiger partial charge on any atom is -0.478 e. The number of nitrogens with one attached hydrogen (secondary N) is 1. The molecule has 0 radical (unpaired) electrons. The van der Waals surface area contributed by atoms with Gasteiger partial charge in [-0.05, 0) is 27.7 Å². The van der Waals surface area contributed by atoms with Gasteiger partial charge in [0, 0.05) is 12.6 Å². The highest BCUT2D eigenvalue weighted by atomic mass is 16.5. The summed E-state index contributed by atoms with van der Waals surface area (Å²) in [6.45, 7) is 8.27. The zero-order chi connectivity index (χ0) is 12.1. The van der Waals surface area contributed by atoms with Crippen LogP contribution in [0.4, 0.5) is 0 Å². The van der Waals surface area contributed by atoms with Crippen LogP contribution in [-0.4, -0.2) is 28.3 Å². The van der Waals surface area contributed by atoms with Crippen molar-refractivity contribution in [3.05, 3.63) is 12.4 Å². The minimum absolute atomic E-state index is 0.111.